The molecule has 3 aromatic rings. The van der Waals surface area contributed by atoms with Gasteiger partial charge in [0.15, 0.2) is 0 Å². The van der Waals surface area contributed by atoms with Gasteiger partial charge in [0.2, 0.25) is 0 Å². The normalized spacial score (nSPS) is 11.4. The van der Waals surface area contributed by atoms with Crippen molar-refractivity contribution in [2.45, 2.75) is 59.4 Å². The third-order valence-corrected chi connectivity index (χ3v) is 6.05. The Balaban J connectivity index is 1.76. The first-order chi connectivity index (χ1) is 17.1. The molecule has 0 aliphatic rings. The SMILES string of the molecule is COC(=O)CCCCCOc1ccc(C)c(C)c1Cn1c(C)cnc1-c1ccc(OC(F)(F)F)cc1. The number of hydrogen-bond donors (Lipinski definition) is 0. The van der Waals surface area contributed by atoms with E-state index in [1.165, 1.54) is 19.2 Å². The highest BCUT2D eigenvalue weighted by atomic mass is 19.4. The monoisotopic (exact) mass is 504 g/mol. The average molecular weight is 505 g/mol. The number of methoxy groups -OCH3 is 1. The van der Waals surface area contributed by atoms with Gasteiger partial charge in [0, 0.05) is 29.4 Å². The number of halogens is 3. The second-order valence-electron chi connectivity index (χ2n) is 8.60. The van der Waals surface area contributed by atoms with Crippen molar-refractivity contribution in [2.24, 2.45) is 0 Å². The van der Waals surface area contributed by atoms with Crippen LogP contribution < -0.4 is 9.47 Å². The molecule has 0 aliphatic carbocycles. The van der Waals surface area contributed by atoms with Crippen LogP contribution in [0.5, 0.6) is 11.5 Å². The predicted octanol–water partition coefficient (Wildman–Crippen LogP) is 6.53. The molecule has 2 aromatic carbocycles. The fraction of sp³-hybridized carbons (Fsp3) is 0.407. The van der Waals surface area contributed by atoms with Crippen molar-refractivity contribution in [3.8, 4) is 22.9 Å². The van der Waals surface area contributed by atoms with Gasteiger partial charge in [-0.05, 0) is 81.5 Å². The van der Waals surface area contributed by atoms with Gasteiger partial charge < -0.3 is 18.8 Å². The molecule has 0 bridgehead atoms. The summed E-state index contributed by atoms with van der Waals surface area (Å²) in [5.41, 5.74) is 4.84. The van der Waals surface area contributed by atoms with Crippen LogP contribution in [0.15, 0.2) is 42.6 Å². The number of aromatic nitrogens is 2. The number of carbonyl (C=O) groups excluding carboxylic acids is 1. The van der Waals surface area contributed by atoms with E-state index < -0.39 is 6.36 Å². The minimum atomic E-state index is -4.74. The van der Waals surface area contributed by atoms with Crippen LogP contribution in [0.2, 0.25) is 0 Å². The first-order valence-corrected chi connectivity index (χ1v) is 11.8. The van der Waals surface area contributed by atoms with E-state index in [0.717, 1.165) is 47.4 Å². The highest BCUT2D eigenvalue weighted by Gasteiger charge is 2.31. The zero-order chi connectivity index (χ0) is 26.3. The van der Waals surface area contributed by atoms with Crippen LogP contribution in [0.4, 0.5) is 13.2 Å². The molecule has 36 heavy (non-hydrogen) atoms. The quantitative estimate of drug-likeness (QED) is 0.219. The van der Waals surface area contributed by atoms with Gasteiger partial charge in [-0.25, -0.2) is 4.98 Å². The van der Waals surface area contributed by atoms with Gasteiger partial charge in [0.25, 0.3) is 0 Å². The minimum Gasteiger partial charge on any atom is -0.493 e. The van der Waals surface area contributed by atoms with Gasteiger partial charge in [-0.15, -0.1) is 13.2 Å². The molecule has 1 heterocycles. The lowest BCUT2D eigenvalue weighted by Crippen LogP contribution is -2.17. The summed E-state index contributed by atoms with van der Waals surface area (Å²) in [7, 11) is 1.39. The first-order valence-electron chi connectivity index (χ1n) is 11.8. The number of rotatable bonds is 11. The number of nitrogens with zero attached hydrogens (tertiary/aromatic N) is 2. The van der Waals surface area contributed by atoms with E-state index in [9.17, 15) is 18.0 Å². The summed E-state index contributed by atoms with van der Waals surface area (Å²) in [5, 5.41) is 0. The average Bonchev–Trinajstić information content (AvgIpc) is 3.19. The molecule has 0 saturated carbocycles. The van der Waals surface area contributed by atoms with Crippen LogP contribution in [-0.4, -0.2) is 35.6 Å². The van der Waals surface area contributed by atoms with Gasteiger partial charge in [0.05, 0.1) is 20.3 Å². The largest absolute Gasteiger partial charge is 0.573 e. The molecule has 0 unspecified atom stereocenters. The van der Waals surface area contributed by atoms with Crippen LogP contribution in [0.25, 0.3) is 11.4 Å². The van der Waals surface area contributed by atoms with Crippen LogP contribution in [-0.2, 0) is 16.1 Å². The van der Waals surface area contributed by atoms with Crippen molar-refractivity contribution in [1.29, 1.82) is 0 Å². The van der Waals surface area contributed by atoms with Crippen LogP contribution in [0.1, 0.15) is 48.1 Å². The fourth-order valence-electron chi connectivity index (χ4n) is 3.87. The smallest absolute Gasteiger partial charge is 0.493 e. The number of ether oxygens (including phenoxy) is 3. The molecule has 0 atom stereocenters. The van der Waals surface area contributed by atoms with Crippen molar-refractivity contribution in [3.05, 3.63) is 65.0 Å². The van der Waals surface area contributed by atoms with E-state index in [1.54, 1.807) is 18.3 Å². The molecule has 0 spiro atoms. The Morgan fingerprint density at radius 3 is 2.39 bits per heavy atom. The first kappa shape index (κ1) is 27.1. The van der Waals surface area contributed by atoms with Crippen LogP contribution in [0.3, 0.4) is 0 Å². The minimum absolute atomic E-state index is 0.207. The molecule has 194 valence electrons. The number of benzene rings is 2. The number of aryl methyl sites for hydroxylation is 2. The molecule has 0 fully saturated rings. The fourth-order valence-corrected chi connectivity index (χ4v) is 3.87. The summed E-state index contributed by atoms with van der Waals surface area (Å²) in [6.45, 7) is 7.03. The Morgan fingerprint density at radius 1 is 1.00 bits per heavy atom. The number of unbranched alkanes of at least 4 members (excludes halogenated alkanes) is 2. The Kier molecular flexibility index (Phi) is 9.01. The predicted molar refractivity (Wildman–Crippen MR) is 130 cm³/mol. The van der Waals surface area contributed by atoms with E-state index in [1.807, 2.05) is 37.5 Å². The maximum Gasteiger partial charge on any atom is 0.573 e. The van der Waals surface area contributed by atoms with Gasteiger partial charge in [-0.2, -0.15) is 0 Å². The summed E-state index contributed by atoms with van der Waals surface area (Å²) in [6.07, 6.45) is -0.184. The molecule has 0 amide bonds. The number of hydrogen-bond acceptors (Lipinski definition) is 5. The lowest BCUT2D eigenvalue weighted by Gasteiger charge is -2.18. The van der Waals surface area contributed by atoms with E-state index in [4.69, 9.17) is 4.74 Å². The summed E-state index contributed by atoms with van der Waals surface area (Å²) in [6, 6.07) is 9.67. The Morgan fingerprint density at radius 2 is 1.72 bits per heavy atom. The second-order valence-corrected chi connectivity index (χ2v) is 8.60. The second kappa shape index (κ2) is 12.0. The van der Waals surface area contributed by atoms with Gasteiger partial charge >= 0.3 is 12.3 Å². The van der Waals surface area contributed by atoms with Gasteiger partial charge in [-0.1, -0.05) is 6.07 Å². The highest BCUT2D eigenvalue weighted by Crippen LogP contribution is 2.30. The van der Waals surface area contributed by atoms with Crippen molar-refractivity contribution < 1.29 is 32.2 Å². The molecule has 3 rings (SSSR count). The molecule has 9 heteroatoms. The van der Waals surface area contributed by atoms with Crippen LogP contribution in [0, 0.1) is 20.8 Å². The lowest BCUT2D eigenvalue weighted by atomic mass is 10.0. The Bertz CT molecular complexity index is 1170. The number of imidazole rings is 1. The lowest BCUT2D eigenvalue weighted by molar-refractivity contribution is -0.274. The standard InChI is InChI=1S/C27H31F3N2O4/c1-18-9-14-24(35-15-7-5-6-8-25(33)34-4)23(20(18)3)17-32-19(2)16-31-26(32)21-10-12-22(13-11-21)36-27(28,29)30/h9-14,16H,5-8,15,17H2,1-4H3. The molecule has 0 saturated heterocycles. The van der Waals surface area contributed by atoms with E-state index >= 15 is 0 Å². The number of alkyl halides is 3. The summed E-state index contributed by atoms with van der Waals surface area (Å²) >= 11 is 0. The van der Waals surface area contributed by atoms with Crippen LogP contribution >= 0.6 is 0 Å². The molecular weight excluding hydrogens is 473 g/mol. The topological polar surface area (TPSA) is 62.6 Å². The molecular formula is C27H31F3N2O4. The summed E-state index contributed by atoms with van der Waals surface area (Å²) < 4.78 is 54.3. The molecule has 1 aromatic heterocycles. The van der Waals surface area contributed by atoms with Gasteiger partial charge in [0.1, 0.15) is 17.3 Å². The highest BCUT2D eigenvalue weighted by molar-refractivity contribution is 5.69. The third-order valence-electron chi connectivity index (χ3n) is 6.05. The van der Waals surface area contributed by atoms with E-state index in [0.29, 0.717) is 31.0 Å². The maximum atomic E-state index is 12.5. The van der Waals surface area contributed by atoms with Gasteiger partial charge in [-0.3, -0.25) is 4.79 Å². The van der Waals surface area contributed by atoms with Crippen molar-refractivity contribution in [3.63, 3.8) is 0 Å². The van der Waals surface area contributed by atoms with E-state index in [-0.39, 0.29) is 11.7 Å². The van der Waals surface area contributed by atoms with Crippen molar-refractivity contribution in [1.82, 2.24) is 9.55 Å². The zero-order valence-corrected chi connectivity index (χ0v) is 20.9. The summed E-state index contributed by atoms with van der Waals surface area (Å²) in [4.78, 5) is 15.8. The number of esters is 1. The molecule has 6 nitrogen and oxygen atoms in total. The maximum absolute atomic E-state index is 12.5. The third kappa shape index (κ3) is 7.26. The number of carbonyl (C=O) groups is 1. The van der Waals surface area contributed by atoms with Crippen molar-refractivity contribution >= 4 is 5.97 Å². The molecule has 0 aliphatic heterocycles. The zero-order valence-electron chi connectivity index (χ0n) is 20.9. The molecule has 0 radical (unpaired) electrons. The Labute approximate surface area is 209 Å². The molecule has 0 N–H and O–H groups in total. The Hall–Kier alpha value is -3.49. The van der Waals surface area contributed by atoms with E-state index in [2.05, 4.69) is 14.5 Å². The van der Waals surface area contributed by atoms with Crippen molar-refractivity contribution in [2.75, 3.05) is 13.7 Å². The summed E-state index contributed by atoms with van der Waals surface area (Å²) in [5.74, 6) is 0.930.